The number of carbonyl (C=O) groups excluding carboxylic acids is 1. The highest BCUT2D eigenvalue weighted by Crippen LogP contribution is 2.35. The van der Waals surface area contributed by atoms with E-state index in [0.717, 1.165) is 29.6 Å². The first-order valence-corrected chi connectivity index (χ1v) is 11.4. The molecule has 1 aliphatic rings. The summed E-state index contributed by atoms with van der Waals surface area (Å²) in [6.07, 6.45) is 0.963. The molecule has 1 atom stereocenters. The van der Waals surface area contributed by atoms with Crippen molar-refractivity contribution in [3.8, 4) is 0 Å². The molecule has 172 valence electrons. The Labute approximate surface area is 198 Å². The Bertz CT molecular complexity index is 1390. The number of hydrogen-bond acceptors (Lipinski definition) is 5. The van der Waals surface area contributed by atoms with Gasteiger partial charge in [-0.3, -0.25) is 4.79 Å². The van der Waals surface area contributed by atoms with Crippen molar-refractivity contribution in [3.05, 3.63) is 106 Å². The van der Waals surface area contributed by atoms with Gasteiger partial charge in [0.25, 0.3) is 5.91 Å². The Balaban J connectivity index is 1.44. The Morgan fingerprint density at radius 2 is 1.76 bits per heavy atom. The fraction of sp³-hybridized carbons (Fsp3) is 0.214. The Morgan fingerprint density at radius 1 is 1.03 bits per heavy atom. The zero-order chi connectivity index (χ0) is 23.7. The van der Waals surface area contributed by atoms with Crippen LogP contribution in [0.3, 0.4) is 0 Å². The van der Waals surface area contributed by atoms with Gasteiger partial charge in [-0.15, -0.1) is 0 Å². The molecule has 0 radical (unpaired) electrons. The second-order valence-corrected chi connectivity index (χ2v) is 8.77. The number of hydrogen-bond donors (Lipinski definition) is 1. The summed E-state index contributed by atoms with van der Waals surface area (Å²) in [5.41, 5.74) is 4.56. The maximum atomic E-state index is 13.1. The number of benzene rings is 3. The molecule has 6 heteroatoms. The minimum Gasteiger partial charge on any atom is -0.422 e. The van der Waals surface area contributed by atoms with E-state index in [0.29, 0.717) is 12.1 Å². The Kier molecular flexibility index (Phi) is 5.80. The van der Waals surface area contributed by atoms with E-state index in [9.17, 15) is 9.59 Å². The van der Waals surface area contributed by atoms with Gasteiger partial charge in [0.05, 0.1) is 6.04 Å². The lowest BCUT2D eigenvalue weighted by molar-refractivity contribution is 0.0947. The molecular weight excluding hydrogens is 426 g/mol. The highest BCUT2D eigenvalue weighted by Gasteiger charge is 2.28. The summed E-state index contributed by atoms with van der Waals surface area (Å²) in [6, 6.07) is 25.5. The Morgan fingerprint density at radius 3 is 2.56 bits per heavy atom. The van der Waals surface area contributed by atoms with Crippen LogP contribution < -0.4 is 20.7 Å². The summed E-state index contributed by atoms with van der Waals surface area (Å²) < 4.78 is 5.36. The summed E-state index contributed by atoms with van der Waals surface area (Å²) in [7, 11) is 4.02. The first kappa shape index (κ1) is 21.8. The second kappa shape index (κ2) is 9.06. The van der Waals surface area contributed by atoms with Crippen LogP contribution >= 0.6 is 0 Å². The van der Waals surface area contributed by atoms with Gasteiger partial charge in [0, 0.05) is 43.9 Å². The molecule has 6 nitrogen and oxygen atoms in total. The molecule has 0 aliphatic carbocycles. The van der Waals surface area contributed by atoms with E-state index in [4.69, 9.17) is 4.42 Å². The van der Waals surface area contributed by atoms with E-state index in [1.807, 2.05) is 32.3 Å². The van der Waals surface area contributed by atoms with E-state index >= 15 is 0 Å². The maximum Gasteiger partial charge on any atom is 0.349 e. The van der Waals surface area contributed by atoms with Crippen molar-refractivity contribution >= 4 is 28.3 Å². The lowest BCUT2D eigenvalue weighted by Gasteiger charge is -2.31. The lowest BCUT2D eigenvalue weighted by atomic mass is 10.0. The van der Waals surface area contributed by atoms with Gasteiger partial charge in [-0.05, 0) is 47.9 Å². The summed E-state index contributed by atoms with van der Waals surface area (Å²) >= 11 is 0. The molecule has 4 aromatic rings. The Hall–Kier alpha value is -4.06. The molecule has 0 saturated carbocycles. The molecular formula is C28H27N3O3. The number of amides is 1. The molecule has 0 spiro atoms. The first-order chi connectivity index (χ1) is 16.5. The largest absolute Gasteiger partial charge is 0.422 e. The molecule has 1 aliphatic heterocycles. The van der Waals surface area contributed by atoms with E-state index in [1.54, 1.807) is 18.2 Å². The van der Waals surface area contributed by atoms with Gasteiger partial charge in [0.15, 0.2) is 0 Å². The van der Waals surface area contributed by atoms with Gasteiger partial charge in [-0.25, -0.2) is 4.79 Å². The average molecular weight is 454 g/mol. The van der Waals surface area contributed by atoms with Crippen molar-refractivity contribution in [2.45, 2.75) is 12.5 Å². The van der Waals surface area contributed by atoms with Gasteiger partial charge in [-0.2, -0.15) is 0 Å². The molecule has 1 N–H and O–H groups in total. The molecule has 3 aromatic carbocycles. The van der Waals surface area contributed by atoms with Crippen molar-refractivity contribution in [2.24, 2.45) is 0 Å². The quantitative estimate of drug-likeness (QED) is 0.439. The fourth-order valence-electron chi connectivity index (χ4n) is 4.59. The van der Waals surface area contributed by atoms with Crippen LogP contribution in [0.2, 0.25) is 0 Å². The highest BCUT2D eigenvalue weighted by atomic mass is 16.4. The number of para-hydroxylation sites is 2. The molecule has 1 amide bonds. The van der Waals surface area contributed by atoms with E-state index in [2.05, 4.69) is 57.6 Å². The minimum atomic E-state index is -0.630. The van der Waals surface area contributed by atoms with Crippen LogP contribution in [0.1, 0.15) is 27.5 Å². The van der Waals surface area contributed by atoms with Gasteiger partial charge >= 0.3 is 5.63 Å². The SMILES string of the molecule is CN(C)c1ccc([C@@H](CNC(=O)c2cc3ccccc3oc2=O)N2CCc3ccccc32)cc1. The molecule has 0 bridgehead atoms. The smallest absolute Gasteiger partial charge is 0.349 e. The maximum absolute atomic E-state index is 13.1. The number of nitrogens with one attached hydrogen (secondary N) is 1. The van der Waals surface area contributed by atoms with Crippen molar-refractivity contribution < 1.29 is 9.21 Å². The van der Waals surface area contributed by atoms with Gasteiger partial charge in [-0.1, -0.05) is 48.5 Å². The third kappa shape index (κ3) is 4.15. The number of rotatable bonds is 6. The van der Waals surface area contributed by atoms with Crippen LogP contribution in [0.5, 0.6) is 0 Å². The van der Waals surface area contributed by atoms with Crippen molar-refractivity contribution in [2.75, 3.05) is 37.0 Å². The summed E-state index contributed by atoms with van der Waals surface area (Å²) in [6.45, 7) is 1.23. The number of anilines is 2. The summed E-state index contributed by atoms with van der Waals surface area (Å²) in [5.74, 6) is -0.429. The predicted molar refractivity (Wildman–Crippen MR) is 136 cm³/mol. The van der Waals surface area contributed by atoms with Crippen molar-refractivity contribution in [1.29, 1.82) is 0 Å². The standard InChI is InChI=1S/C28H27N3O3/c1-30(2)22-13-11-20(12-14-22)25(31-16-15-19-7-3-5-9-24(19)31)18-29-27(32)23-17-21-8-4-6-10-26(21)34-28(23)33/h3-14,17,25H,15-16,18H2,1-2H3,(H,29,32)/t25-/m1/s1. The summed E-state index contributed by atoms with van der Waals surface area (Å²) in [4.78, 5) is 29.9. The molecule has 0 fully saturated rings. The van der Waals surface area contributed by atoms with Crippen LogP contribution in [-0.4, -0.2) is 33.1 Å². The topological polar surface area (TPSA) is 65.8 Å². The van der Waals surface area contributed by atoms with Crippen molar-refractivity contribution in [1.82, 2.24) is 5.32 Å². The normalized spacial score (nSPS) is 13.5. The first-order valence-electron chi connectivity index (χ1n) is 11.4. The molecule has 0 unspecified atom stereocenters. The van der Waals surface area contributed by atoms with Gasteiger partial charge in [0.1, 0.15) is 11.1 Å². The van der Waals surface area contributed by atoms with Crippen LogP contribution in [0.4, 0.5) is 11.4 Å². The van der Waals surface area contributed by atoms with Crippen LogP contribution in [0.25, 0.3) is 11.0 Å². The second-order valence-electron chi connectivity index (χ2n) is 8.77. The zero-order valence-electron chi connectivity index (χ0n) is 19.3. The van der Waals surface area contributed by atoms with E-state index in [-0.39, 0.29) is 11.6 Å². The van der Waals surface area contributed by atoms with Gasteiger partial charge in [0.2, 0.25) is 0 Å². The molecule has 34 heavy (non-hydrogen) atoms. The molecule has 0 saturated heterocycles. The zero-order valence-corrected chi connectivity index (χ0v) is 19.3. The lowest BCUT2D eigenvalue weighted by Crippen LogP contribution is -2.38. The van der Waals surface area contributed by atoms with Crippen LogP contribution in [0, 0.1) is 0 Å². The number of nitrogens with zero attached hydrogens (tertiary/aromatic N) is 2. The number of carbonyl (C=O) groups is 1. The molecule has 5 rings (SSSR count). The third-order valence-electron chi connectivity index (χ3n) is 6.44. The number of fused-ring (bicyclic) bond motifs is 2. The van der Waals surface area contributed by atoms with Crippen LogP contribution in [0.15, 0.2) is 88.1 Å². The molecule has 2 heterocycles. The third-order valence-corrected chi connectivity index (χ3v) is 6.44. The molecule has 1 aromatic heterocycles. The summed E-state index contributed by atoms with van der Waals surface area (Å²) in [5, 5.41) is 3.72. The highest BCUT2D eigenvalue weighted by molar-refractivity contribution is 5.96. The average Bonchev–Trinajstić information content (AvgIpc) is 3.28. The minimum absolute atomic E-state index is 0.0160. The van der Waals surface area contributed by atoms with E-state index in [1.165, 1.54) is 11.3 Å². The van der Waals surface area contributed by atoms with E-state index < -0.39 is 11.5 Å². The van der Waals surface area contributed by atoms with Crippen molar-refractivity contribution in [3.63, 3.8) is 0 Å². The van der Waals surface area contributed by atoms with Gasteiger partial charge < -0.3 is 19.5 Å². The van der Waals surface area contributed by atoms with Crippen LogP contribution in [-0.2, 0) is 6.42 Å². The predicted octanol–water partition coefficient (Wildman–Crippen LogP) is 4.39. The fourth-order valence-corrected chi connectivity index (χ4v) is 4.59. The monoisotopic (exact) mass is 453 g/mol.